The molecule has 0 aliphatic carbocycles. The molecule has 144 valence electrons. The molecule has 28 heavy (non-hydrogen) atoms. The number of anilines is 1. The molecule has 3 rings (SSSR count). The number of hydrogen-bond acceptors (Lipinski definition) is 4. The molecular weight excluding hydrogens is 350 g/mol. The van der Waals surface area contributed by atoms with Crippen LogP contribution in [0.3, 0.4) is 0 Å². The van der Waals surface area contributed by atoms with Crippen LogP contribution >= 0.6 is 0 Å². The van der Waals surface area contributed by atoms with Crippen molar-refractivity contribution in [2.24, 2.45) is 0 Å². The van der Waals surface area contributed by atoms with Crippen molar-refractivity contribution in [3.8, 4) is 11.5 Å². The zero-order chi connectivity index (χ0) is 19.9. The van der Waals surface area contributed by atoms with Crippen LogP contribution in [0.1, 0.15) is 24.0 Å². The standard InChI is InChI=1S/C24H25NO3/c1-18(24(26)27-3)20-10-7-11-23(16-20)28-22-14-12-21(13-15-22)25(2)17-19-8-5-4-6-9-19/h4-16,18H,17H2,1-3H3. The van der Waals surface area contributed by atoms with Gasteiger partial charge >= 0.3 is 5.97 Å². The summed E-state index contributed by atoms with van der Waals surface area (Å²) in [6.07, 6.45) is 0. The van der Waals surface area contributed by atoms with Crippen molar-refractivity contribution in [3.05, 3.63) is 90.0 Å². The predicted octanol–water partition coefficient (Wildman–Crippen LogP) is 5.39. The molecule has 0 fully saturated rings. The van der Waals surface area contributed by atoms with Crippen LogP contribution in [-0.2, 0) is 16.1 Å². The van der Waals surface area contributed by atoms with E-state index in [9.17, 15) is 4.79 Å². The van der Waals surface area contributed by atoms with E-state index < -0.39 is 0 Å². The number of carbonyl (C=O) groups is 1. The zero-order valence-corrected chi connectivity index (χ0v) is 16.5. The Morgan fingerprint density at radius 2 is 1.64 bits per heavy atom. The topological polar surface area (TPSA) is 38.8 Å². The molecule has 0 spiro atoms. The second-order valence-electron chi connectivity index (χ2n) is 6.75. The second-order valence-corrected chi connectivity index (χ2v) is 6.75. The lowest BCUT2D eigenvalue weighted by Crippen LogP contribution is -2.15. The highest BCUT2D eigenvalue weighted by Gasteiger charge is 2.16. The van der Waals surface area contributed by atoms with Crippen LogP contribution < -0.4 is 9.64 Å². The monoisotopic (exact) mass is 375 g/mol. The molecule has 0 bridgehead atoms. The summed E-state index contributed by atoms with van der Waals surface area (Å²) in [7, 11) is 3.47. The Labute approximate surface area is 166 Å². The van der Waals surface area contributed by atoms with Gasteiger partial charge in [-0.15, -0.1) is 0 Å². The summed E-state index contributed by atoms with van der Waals surface area (Å²) in [6, 6.07) is 25.9. The van der Waals surface area contributed by atoms with Crippen molar-refractivity contribution in [2.45, 2.75) is 19.4 Å². The minimum Gasteiger partial charge on any atom is -0.469 e. The lowest BCUT2D eigenvalue weighted by atomic mass is 10.0. The smallest absolute Gasteiger partial charge is 0.312 e. The minimum absolute atomic E-state index is 0.261. The van der Waals surface area contributed by atoms with Crippen LogP contribution in [0.25, 0.3) is 0 Å². The van der Waals surface area contributed by atoms with E-state index in [1.807, 2.05) is 61.5 Å². The maximum atomic E-state index is 11.7. The zero-order valence-electron chi connectivity index (χ0n) is 16.5. The molecule has 0 aromatic heterocycles. The number of ether oxygens (including phenoxy) is 2. The van der Waals surface area contributed by atoms with Gasteiger partial charge in [-0.05, 0) is 54.4 Å². The molecule has 4 nitrogen and oxygen atoms in total. The minimum atomic E-state index is -0.331. The van der Waals surface area contributed by atoms with E-state index in [0.29, 0.717) is 5.75 Å². The number of methoxy groups -OCH3 is 1. The van der Waals surface area contributed by atoms with Gasteiger partial charge in [0.1, 0.15) is 11.5 Å². The molecule has 1 atom stereocenters. The molecular formula is C24H25NO3. The highest BCUT2D eigenvalue weighted by atomic mass is 16.5. The summed E-state index contributed by atoms with van der Waals surface area (Å²) >= 11 is 0. The number of rotatable bonds is 7. The molecule has 0 saturated heterocycles. The summed E-state index contributed by atoms with van der Waals surface area (Å²) in [6.45, 7) is 2.66. The fourth-order valence-corrected chi connectivity index (χ4v) is 3.01. The predicted molar refractivity (Wildman–Crippen MR) is 112 cm³/mol. The Morgan fingerprint density at radius 3 is 2.32 bits per heavy atom. The van der Waals surface area contributed by atoms with Crippen molar-refractivity contribution in [1.82, 2.24) is 0 Å². The molecule has 0 amide bonds. The maximum absolute atomic E-state index is 11.7. The van der Waals surface area contributed by atoms with Gasteiger partial charge in [0, 0.05) is 19.3 Å². The SMILES string of the molecule is COC(=O)C(C)c1cccc(Oc2ccc(N(C)Cc3ccccc3)cc2)c1. The Hall–Kier alpha value is -3.27. The first-order valence-corrected chi connectivity index (χ1v) is 9.27. The Bertz CT molecular complexity index is 907. The highest BCUT2D eigenvalue weighted by molar-refractivity contribution is 5.77. The Balaban J connectivity index is 1.66. The summed E-state index contributed by atoms with van der Waals surface area (Å²) in [5.41, 5.74) is 3.25. The van der Waals surface area contributed by atoms with Gasteiger partial charge in [-0.25, -0.2) is 0 Å². The molecule has 0 aliphatic rings. The summed E-state index contributed by atoms with van der Waals surface area (Å²) < 4.78 is 10.8. The first kappa shape index (κ1) is 19.5. The van der Waals surface area contributed by atoms with Gasteiger partial charge in [-0.3, -0.25) is 4.79 Å². The summed E-state index contributed by atoms with van der Waals surface area (Å²) in [5.74, 6) is 0.851. The van der Waals surface area contributed by atoms with E-state index in [-0.39, 0.29) is 11.9 Å². The number of hydrogen-bond donors (Lipinski definition) is 0. The molecule has 0 N–H and O–H groups in total. The van der Waals surface area contributed by atoms with Gasteiger partial charge in [0.2, 0.25) is 0 Å². The molecule has 3 aromatic carbocycles. The van der Waals surface area contributed by atoms with Crippen LogP contribution in [0, 0.1) is 0 Å². The average Bonchev–Trinajstić information content (AvgIpc) is 2.74. The lowest BCUT2D eigenvalue weighted by molar-refractivity contribution is -0.141. The maximum Gasteiger partial charge on any atom is 0.312 e. The first-order valence-electron chi connectivity index (χ1n) is 9.27. The van der Waals surface area contributed by atoms with Gasteiger partial charge in [0.05, 0.1) is 13.0 Å². The Kier molecular flexibility index (Phi) is 6.33. The van der Waals surface area contributed by atoms with Crippen molar-refractivity contribution in [2.75, 3.05) is 19.1 Å². The molecule has 0 radical (unpaired) electrons. The molecule has 0 aliphatic heterocycles. The normalized spacial score (nSPS) is 11.5. The summed E-state index contributed by atoms with van der Waals surface area (Å²) in [5, 5.41) is 0. The van der Waals surface area contributed by atoms with Gasteiger partial charge in [-0.2, -0.15) is 0 Å². The third-order valence-corrected chi connectivity index (χ3v) is 4.69. The second kappa shape index (κ2) is 9.09. The fourth-order valence-electron chi connectivity index (χ4n) is 3.01. The lowest BCUT2D eigenvalue weighted by Gasteiger charge is -2.20. The Morgan fingerprint density at radius 1 is 0.929 bits per heavy atom. The van der Waals surface area contributed by atoms with Crippen LogP contribution in [0.15, 0.2) is 78.9 Å². The number of benzene rings is 3. The third-order valence-electron chi connectivity index (χ3n) is 4.69. The molecule has 1 unspecified atom stereocenters. The van der Waals surface area contributed by atoms with Crippen molar-refractivity contribution in [1.29, 1.82) is 0 Å². The van der Waals surface area contributed by atoms with E-state index in [1.54, 1.807) is 0 Å². The number of carbonyl (C=O) groups excluding carboxylic acids is 1. The van der Waals surface area contributed by atoms with E-state index in [0.717, 1.165) is 23.5 Å². The van der Waals surface area contributed by atoms with Crippen LogP contribution in [-0.4, -0.2) is 20.1 Å². The van der Waals surface area contributed by atoms with E-state index in [4.69, 9.17) is 9.47 Å². The van der Waals surface area contributed by atoms with Gasteiger partial charge < -0.3 is 14.4 Å². The van der Waals surface area contributed by atoms with Gasteiger partial charge in [0.15, 0.2) is 0 Å². The first-order chi connectivity index (χ1) is 13.6. The van der Waals surface area contributed by atoms with Gasteiger partial charge in [-0.1, -0.05) is 42.5 Å². The van der Waals surface area contributed by atoms with Crippen molar-refractivity contribution in [3.63, 3.8) is 0 Å². The molecule has 4 heteroatoms. The summed E-state index contributed by atoms with van der Waals surface area (Å²) in [4.78, 5) is 13.9. The van der Waals surface area contributed by atoms with Crippen LogP contribution in [0.5, 0.6) is 11.5 Å². The van der Waals surface area contributed by atoms with E-state index in [1.165, 1.54) is 12.7 Å². The van der Waals surface area contributed by atoms with E-state index in [2.05, 4.69) is 36.2 Å². The quantitative estimate of drug-likeness (QED) is 0.519. The largest absolute Gasteiger partial charge is 0.469 e. The highest BCUT2D eigenvalue weighted by Crippen LogP contribution is 2.27. The molecule has 0 heterocycles. The number of esters is 1. The van der Waals surface area contributed by atoms with Gasteiger partial charge in [0.25, 0.3) is 0 Å². The van der Waals surface area contributed by atoms with Crippen molar-refractivity contribution >= 4 is 11.7 Å². The van der Waals surface area contributed by atoms with Crippen LogP contribution in [0.4, 0.5) is 5.69 Å². The van der Waals surface area contributed by atoms with E-state index >= 15 is 0 Å². The van der Waals surface area contributed by atoms with Crippen LogP contribution in [0.2, 0.25) is 0 Å². The molecule has 3 aromatic rings. The average molecular weight is 375 g/mol. The molecule has 0 saturated carbocycles. The number of nitrogens with zero attached hydrogens (tertiary/aromatic N) is 1. The third kappa shape index (κ3) is 4.92. The van der Waals surface area contributed by atoms with Crippen molar-refractivity contribution < 1.29 is 14.3 Å². The fraction of sp³-hybridized carbons (Fsp3) is 0.208.